The topological polar surface area (TPSA) is 64.4 Å². The first kappa shape index (κ1) is 13.2. The van der Waals surface area contributed by atoms with Crippen molar-refractivity contribution in [3.63, 3.8) is 0 Å². The van der Waals surface area contributed by atoms with Crippen molar-refractivity contribution in [2.24, 2.45) is 7.05 Å². The molecular formula is C16H14N2O3. The Hall–Kier alpha value is -2.82. The highest BCUT2D eigenvalue weighted by molar-refractivity contribution is 5.88. The summed E-state index contributed by atoms with van der Waals surface area (Å²) in [5.41, 5.74) is 0.703. The molecule has 0 radical (unpaired) electrons. The molecule has 0 spiro atoms. The predicted octanol–water partition coefficient (Wildman–Crippen LogP) is 2.85. The molecule has 0 aliphatic rings. The van der Waals surface area contributed by atoms with E-state index in [2.05, 4.69) is 5.10 Å². The second-order valence-corrected chi connectivity index (χ2v) is 4.73. The van der Waals surface area contributed by atoms with E-state index in [1.165, 1.54) is 10.9 Å². The molecule has 0 saturated carbocycles. The third kappa shape index (κ3) is 2.58. The SMILES string of the molecule is Cn1ncc(C(=O)O)c1COc1ccc2ccccc2c1. The first-order valence-corrected chi connectivity index (χ1v) is 6.51. The van der Waals surface area contributed by atoms with E-state index >= 15 is 0 Å². The molecule has 1 aromatic heterocycles. The molecule has 21 heavy (non-hydrogen) atoms. The molecule has 0 fully saturated rings. The van der Waals surface area contributed by atoms with Crippen LogP contribution in [0.3, 0.4) is 0 Å². The minimum Gasteiger partial charge on any atom is -0.487 e. The molecule has 2 aromatic carbocycles. The van der Waals surface area contributed by atoms with Gasteiger partial charge in [-0.2, -0.15) is 5.10 Å². The van der Waals surface area contributed by atoms with Gasteiger partial charge >= 0.3 is 5.97 Å². The van der Waals surface area contributed by atoms with Gasteiger partial charge in [0.25, 0.3) is 0 Å². The molecule has 5 heteroatoms. The van der Waals surface area contributed by atoms with Crippen LogP contribution in [0.15, 0.2) is 48.7 Å². The summed E-state index contributed by atoms with van der Waals surface area (Å²) < 4.78 is 7.22. The average molecular weight is 282 g/mol. The maximum atomic E-state index is 11.1. The Labute approximate surface area is 121 Å². The summed E-state index contributed by atoms with van der Waals surface area (Å²) in [6, 6.07) is 13.8. The van der Waals surface area contributed by atoms with Gasteiger partial charge in [0, 0.05) is 7.05 Å². The van der Waals surface area contributed by atoms with Gasteiger partial charge in [0.05, 0.1) is 11.9 Å². The van der Waals surface area contributed by atoms with Gasteiger partial charge in [0.2, 0.25) is 0 Å². The lowest BCUT2D eigenvalue weighted by Crippen LogP contribution is -2.08. The van der Waals surface area contributed by atoms with Gasteiger partial charge in [-0.05, 0) is 22.9 Å². The van der Waals surface area contributed by atoms with Crippen LogP contribution in [0.25, 0.3) is 10.8 Å². The number of fused-ring (bicyclic) bond motifs is 1. The summed E-state index contributed by atoms with van der Waals surface area (Å²) in [6.45, 7) is 0.163. The largest absolute Gasteiger partial charge is 0.487 e. The molecule has 5 nitrogen and oxygen atoms in total. The summed E-state index contributed by atoms with van der Waals surface area (Å²) in [4.78, 5) is 11.1. The van der Waals surface area contributed by atoms with E-state index in [-0.39, 0.29) is 12.2 Å². The Bertz CT molecular complexity index is 808. The zero-order valence-corrected chi connectivity index (χ0v) is 11.5. The van der Waals surface area contributed by atoms with Crippen molar-refractivity contribution < 1.29 is 14.6 Å². The Morgan fingerprint density at radius 1 is 1.24 bits per heavy atom. The normalized spacial score (nSPS) is 10.7. The van der Waals surface area contributed by atoms with Gasteiger partial charge in [0.1, 0.15) is 17.9 Å². The zero-order chi connectivity index (χ0) is 14.8. The van der Waals surface area contributed by atoms with Crippen LogP contribution in [0.1, 0.15) is 16.1 Å². The molecular weight excluding hydrogens is 268 g/mol. The summed E-state index contributed by atoms with van der Waals surface area (Å²) >= 11 is 0. The number of ether oxygens (including phenoxy) is 1. The summed E-state index contributed by atoms with van der Waals surface area (Å²) in [5.74, 6) is -0.300. The van der Waals surface area contributed by atoms with E-state index in [1.54, 1.807) is 7.05 Å². The summed E-state index contributed by atoms with van der Waals surface area (Å²) in [6.07, 6.45) is 1.33. The highest BCUT2D eigenvalue weighted by Gasteiger charge is 2.15. The lowest BCUT2D eigenvalue weighted by molar-refractivity contribution is 0.0693. The lowest BCUT2D eigenvalue weighted by Gasteiger charge is -2.08. The highest BCUT2D eigenvalue weighted by atomic mass is 16.5. The Balaban J connectivity index is 1.83. The Morgan fingerprint density at radius 2 is 2.00 bits per heavy atom. The Morgan fingerprint density at radius 3 is 2.76 bits per heavy atom. The molecule has 3 aromatic rings. The van der Waals surface area contributed by atoms with E-state index in [0.29, 0.717) is 11.4 Å². The molecule has 1 heterocycles. The van der Waals surface area contributed by atoms with E-state index in [4.69, 9.17) is 9.84 Å². The molecule has 0 aliphatic heterocycles. The fraction of sp³-hybridized carbons (Fsp3) is 0.125. The molecule has 106 valence electrons. The number of carboxylic acids is 1. The van der Waals surface area contributed by atoms with Gasteiger partial charge < -0.3 is 9.84 Å². The first-order chi connectivity index (χ1) is 10.1. The average Bonchev–Trinajstić information content (AvgIpc) is 2.86. The van der Waals surface area contributed by atoms with Gasteiger partial charge in [-0.15, -0.1) is 0 Å². The predicted molar refractivity (Wildman–Crippen MR) is 78.4 cm³/mol. The number of benzene rings is 2. The monoisotopic (exact) mass is 282 g/mol. The van der Waals surface area contributed by atoms with Crippen molar-refractivity contribution in [1.29, 1.82) is 0 Å². The van der Waals surface area contributed by atoms with Gasteiger partial charge in [-0.3, -0.25) is 4.68 Å². The number of rotatable bonds is 4. The second-order valence-electron chi connectivity index (χ2n) is 4.73. The molecule has 0 saturated heterocycles. The van der Waals surface area contributed by atoms with E-state index in [9.17, 15) is 4.79 Å². The third-order valence-electron chi connectivity index (χ3n) is 3.39. The van der Waals surface area contributed by atoms with Crippen molar-refractivity contribution >= 4 is 16.7 Å². The first-order valence-electron chi connectivity index (χ1n) is 6.51. The van der Waals surface area contributed by atoms with Crippen molar-refractivity contribution in [1.82, 2.24) is 9.78 Å². The summed E-state index contributed by atoms with van der Waals surface area (Å²) in [7, 11) is 1.70. The minimum absolute atomic E-state index is 0.163. The minimum atomic E-state index is -1.000. The lowest BCUT2D eigenvalue weighted by atomic mass is 10.1. The molecule has 1 N–H and O–H groups in total. The number of nitrogens with zero attached hydrogens (tertiary/aromatic N) is 2. The number of hydrogen-bond acceptors (Lipinski definition) is 3. The third-order valence-corrected chi connectivity index (χ3v) is 3.39. The van der Waals surface area contributed by atoms with Crippen LogP contribution < -0.4 is 4.74 Å². The van der Waals surface area contributed by atoms with Gasteiger partial charge in [-0.25, -0.2) is 4.79 Å². The van der Waals surface area contributed by atoms with Crippen LogP contribution in [0.2, 0.25) is 0 Å². The fourth-order valence-electron chi connectivity index (χ4n) is 2.22. The van der Waals surface area contributed by atoms with Gasteiger partial charge in [0.15, 0.2) is 0 Å². The zero-order valence-electron chi connectivity index (χ0n) is 11.5. The van der Waals surface area contributed by atoms with Crippen molar-refractivity contribution in [3.8, 4) is 5.75 Å². The van der Waals surface area contributed by atoms with Crippen LogP contribution in [-0.4, -0.2) is 20.9 Å². The molecule has 3 rings (SSSR count). The maximum Gasteiger partial charge on any atom is 0.339 e. The molecule has 0 atom stereocenters. The van der Waals surface area contributed by atoms with Crippen LogP contribution in [-0.2, 0) is 13.7 Å². The number of hydrogen-bond donors (Lipinski definition) is 1. The standard InChI is InChI=1S/C16H14N2O3/c1-18-15(14(9-17-18)16(19)20)10-21-13-7-6-11-4-2-3-5-12(11)8-13/h2-9H,10H2,1H3,(H,19,20). The Kier molecular flexibility index (Phi) is 3.31. The molecule has 0 amide bonds. The number of aromatic carboxylic acids is 1. The van der Waals surface area contributed by atoms with E-state index in [1.807, 2.05) is 42.5 Å². The van der Waals surface area contributed by atoms with Crippen LogP contribution in [0.4, 0.5) is 0 Å². The summed E-state index contributed by atoms with van der Waals surface area (Å²) in [5, 5.41) is 15.3. The highest BCUT2D eigenvalue weighted by Crippen LogP contribution is 2.21. The smallest absolute Gasteiger partial charge is 0.339 e. The van der Waals surface area contributed by atoms with Crippen molar-refractivity contribution in [2.75, 3.05) is 0 Å². The number of carboxylic acid groups (broad SMARTS) is 1. The fourth-order valence-corrected chi connectivity index (χ4v) is 2.22. The van der Waals surface area contributed by atoms with Crippen LogP contribution in [0.5, 0.6) is 5.75 Å². The maximum absolute atomic E-state index is 11.1. The molecule has 0 bridgehead atoms. The molecule has 0 aliphatic carbocycles. The van der Waals surface area contributed by atoms with E-state index in [0.717, 1.165) is 10.8 Å². The number of carbonyl (C=O) groups is 1. The number of aromatic nitrogens is 2. The van der Waals surface area contributed by atoms with Gasteiger partial charge in [-0.1, -0.05) is 30.3 Å². The quantitative estimate of drug-likeness (QED) is 0.799. The van der Waals surface area contributed by atoms with Crippen LogP contribution >= 0.6 is 0 Å². The van der Waals surface area contributed by atoms with Crippen molar-refractivity contribution in [3.05, 3.63) is 59.9 Å². The van der Waals surface area contributed by atoms with E-state index < -0.39 is 5.97 Å². The van der Waals surface area contributed by atoms with Crippen LogP contribution in [0, 0.1) is 0 Å². The second kappa shape index (κ2) is 5.28. The van der Waals surface area contributed by atoms with Crippen molar-refractivity contribution in [2.45, 2.75) is 6.61 Å². The number of aryl methyl sites for hydroxylation is 1. The molecule has 0 unspecified atom stereocenters.